The standard InChI is InChI=1S/C9H20O2/c1-5-8-9(4,10-6-2)11-7-3/h5-8H2,1-4H3. The Morgan fingerprint density at radius 1 is 1.00 bits per heavy atom. The molecule has 0 radical (unpaired) electrons. The van der Waals surface area contributed by atoms with E-state index in [4.69, 9.17) is 9.47 Å². The second kappa shape index (κ2) is 5.56. The molecule has 68 valence electrons. The quantitative estimate of drug-likeness (QED) is 0.556. The Balaban J connectivity index is 3.79. The van der Waals surface area contributed by atoms with Gasteiger partial charge in [0.15, 0.2) is 5.79 Å². The first-order valence-electron chi connectivity index (χ1n) is 4.46. The van der Waals surface area contributed by atoms with E-state index in [0.717, 1.165) is 26.1 Å². The molecule has 0 aliphatic rings. The fourth-order valence-corrected chi connectivity index (χ4v) is 1.25. The molecule has 0 amide bonds. The summed E-state index contributed by atoms with van der Waals surface area (Å²) in [7, 11) is 0. The van der Waals surface area contributed by atoms with Crippen LogP contribution < -0.4 is 0 Å². The Bertz CT molecular complexity index is 74.5. The maximum Gasteiger partial charge on any atom is 0.165 e. The van der Waals surface area contributed by atoms with Gasteiger partial charge in [-0.3, -0.25) is 0 Å². The van der Waals surface area contributed by atoms with Crippen molar-refractivity contribution in [2.75, 3.05) is 13.2 Å². The highest BCUT2D eigenvalue weighted by molar-refractivity contribution is 4.61. The summed E-state index contributed by atoms with van der Waals surface area (Å²) in [5.41, 5.74) is 0. The zero-order chi connectivity index (χ0) is 8.74. The summed E-state index contributed by atoms with van der Waals surface area (Å²) in [4.78, 5) is 0. The van der Waals surface area contributed by atoms with Crippen LogP contribution >= 0.6 is 0 Å². The van der Waals surface area contributed by atoms with Gasteiger partial charge in [0.25, 0.3) is 0 Å². The van der Waals surface area contributed by atoms with Crippen molar-refractivity contribution in [1.29, 1.82) is 0 Å². The van der Waals surface area contributed by atoms with Crippen LogP contribution in [0.5, 0.6) is 0 Å². The molecule has 0 N–H and O–H groups in total. The first-order chi connectivity index (χ1) is 5.18. The molecule has 0 heterocycles. The normalized spacial score (nSPS) is 12.0. The molecule has 0 saturated carbocycles. The van der Waals surface area contributed by atoms with Crippen LogP contribution in [-0.4, -0.2) is 19.0 Å². The minimum atomic E-state index is -0.349. The van der Waals surface area contributed by atoms with Gasteiger partial charge in [0.1, 0.15) is 0 Å². The van der Waals surface area contributed by atoms with E-state index in [1.807, 2.05) is 20.8 Å². The highest BCUT2D eigenvalue weighted by atomic mass is 16.7. The smallest absolute Gasteiger partial charge is 0.165 e. The Labute approximate surface area is 69.9 Å². The molecule has 2 nitrogen and oxygen atoms in total. The summed E-state index contributed by atoms with van der Waals surface area (Å²) in [5.74, 6) is -0.349. The first-order valence-corrected chi connectivity index (χ1v) is 4.46. The van der Waals surface area contributed by atoms with Gasteiger partial charge in [-0.15, -0.1) is 0 Å². The van der Waals surface area contributed by atoms with E-state index < -0.39 is 0 Å². The van der Waals surface area contributed by atoms with E-state index in [1.54, 1.807) is 0 Å². The molecule has 0 rings (SSSR count). The molecule has 0 aromatic rings. The molecule has 0 saturated heterocycles. The van der Waals surface area contributed by atoms with Gasteiger partial charge >= 0.3 is 0 Å². The molecule has 2 heteroatoms. The van der Waals surface area contributed by atoms with Gasteiger partial charge in [0, 0.05) is 19.6 Å². The number of rotatable bonds is 6. The van der Waals surface area contributed by atoms with Gasteiger partial charge < -0.3 is 9.47 Å². The summed E-state index contributed by atoms with van der Waals surface area (Å²) < 4.78 is 11.0. The van der Waals surface area contributed by atoms with Crippen molar-refractivity contribution in [2.45, 2.75) is 46.3 Å². The van der Waals surface area contributed by atoms with Gasteiger partial charge in [0.05, 0.1) is 0 Å². The molecule has 0 fully saturated rings. The van der Waals surface area contributed by atoms with E-state index in [2.05, 4.69) is 6.92 Å². The maximum absolute atomic E-state index is 5.49. The molecular formula is C9H20O2. The van der Waals surface area contributed by atoms with E-state index in [-0.39, 0.29) is 5.79 Å². The van der Waals surface area contributed by atoms with Crippen LogP contribution in [0, 0.1) is 0 Å². The van der Waals surface area contributed by atoms with Gasteiger partial charge in [-0.25, -0.2) is 0 Å². The summed E-state index contributed by atoms with van der Waals surface area (Å²) in [6.07, 6.45) is 2.06. The first kappa shape index (κ1) is 10.9. The molecular weight excluding hydrogens is 140 g/mol. The average molecular weight is 160 g/mol. The van der Waals surface area contributed by atoms with Crippen molar-refractivity contribution in [1.82, 2.24) is 0 Å². The molecule has 0 bridgehead atoms. The second-order valence-electron chi connectivity index (χ2n) is 2.75. The lowest BCUT2D eigenvalue weighted by Gasteiger charge is -2.28. The van der Waals surface area contributed by atoms with Gasteiger partial charge in [-0.2, -0.15) is 0 Å². The molecule has 0 aliphatic heterocycles. The fraction of sp³-hybridized carbons (Fsp3) is 1.00. The third-order valence-electron chi connectivity index (χ3n) is 1.60. The van der Waals surface area contributed by atoms with E-state index in [0.29, 0.717) is 0 Å². The summed E-state index contributed by atoms with van der Waals surface area (Å²) in [6, 6.07) is 0. The predicted molar refractivity (Wildman–Crippen MR) is 46.6 cm³/mol. The molecule has 0 aliphatic carbocycles. The Kier molecular flexibility index (Phi) is 5.51. The minimum absolute atomic E-state index is 0.349. The van der Waals surface area contributed by atoms with Crippen LogP contribution in [0.25, 0.3) is 0 Å². The van der Waals surface area contributed by atoms with Crippen molar-refractivity contribution in [3.05, 3.63) is 0 Å². The lowest BCUT2D eigenvalue weighted by Crippen LogP contribution is -2.32. The van der Waals surface area contributed by atoms with Gasteiger partial charge in [0.2, 0.25) is 0 Å². The zero-order valence-electron chi connectivity index (χ0n) is 8.14. The topological polar surface area (TPSA) is 18.5 Å². The van der Waals surface area contributed by atoms with Crippen LogP contribution in [0.15, 0.2) is 0 Å². The lowest BCUT2D eigenvalue weighted by molar-refractivity contribution is -0.224. The average Bonchev–Trinajstić information content (AvgIpc) is 1.88. The number of ether oxygens (including phenoxy) is 2. The van der Waals surface area contributed by atoms with Crippen molar-refractivity contribution >= 4 is 0 Å². The Morgan fingerprint density at radius 2 is 1.45 bits per heavy atom. The van der Waals surface area contributed by atoms with Crippen molar-refractivity contribution in [3.63, 3.8) is 0 Å². The number of hydrogen-bond donors (Lipinski definition) is 0. The van der Waals surface area contributed by atoms with Crippen molar-refractivity contribution in [3.8, 4) is 0 Å². The minimum Gasteiger partial charge on any atom is -0.351 e. The predicted octanol–water partition coefficient (Wildman–Crippen LogP) is 2.58. The summed E-state index contributed by atoms with van der Waals surface area (Å²) in [6.45, 7) is 9.56. The van der Waals surface area contributed by atoms with E-state index in [1.165, 1.54) is 0 Å². The molecule has 0 spiro atoms. The summed E-state index contributed by atoms with van der Waals surface area (Å²) in [5, 5.41) is 0. The van der Waals surface area contributed by atoms with Crippen molar-refractivity contribution < 1.29 is 9.47 Å². The zero-order valence-corrected chi connectivity index (χ0v) is 8.14. The van der Waals surface area contributed by atoms with Crippen LogP contribution in [0.1, 0.15) is 40.5 Å². The Morgan fingerprint density at radius 3 is 1.73 bits per heavy atom. The number of hydrogen-bond acceptors (Lipinski definition) is 2. The lowest BCUT2D eigenvalue weighted by atomic mass is 10.2. The van der Waals surface area contributed by atoms with Crippen LogP contribution in [-0.2, 0) is 9.47 Å². The second-order valence-corrected chi connectivity index (χ2v) is 2.75. The van der Waals surface area contributed by atoms with Gasteiger partial charge in [-0.1, -0.05) is 13.3 Å². The molecule has 0 aromatic heterocycles. The largest absolute Gasteiger partial charge is 0.351 e. The van der Waals surface area contributed by atoms with Crippen molar-refractivity contribution in [2.24, 2.45) is 0 Å². The molecule has 0 atom stereocenters. The highest BCUT2D eigenvalue weighted by Crippen LogP contribution is 2.18. The SMILES string of the molecule is CCCC(C)(OCC)OCC. The van der Waals surface area contributed by atoms with Gasteiger partial charge in [-0.05, 0) is 20.8 Å². The Hall–Kier alpha value is -0.0800. The highest BCUT2D eigenvalue weighted by Gasteiger charge is 2.22. The molecule has 0 aromatic carbocycles. The third kappa shape index (κ3) is 4.38. The van der Waals surface area contributed by atoms with Crippen LogP contribution in [0.3, 0.4) is 0 Å². The summed E-state index contributed by atoms with van der Waals surface area (Å²) >= 11 is 0. The van der Waals surface area contributed by atoms with E-state index in [9.17, 15) is 0 Å². The van der Waals surface area contributed by atoms with Crippen LogP contribution in [0.4, 0.5) is 0 Å². The molecule has 0 unspecified atom stereocenters. The fourth-order valence-electron chi connectivity index (χ4n) is 1.25. The maximum atomic E-state index is 5.49. The molecule has 11 heavy (non-hydrogen) atoms. The third-order valence-corrected chi connectivity index (χ3v) is 1.60. The van der Waals surface area contributed by atoms with Crippen LogP contribution in [0.2, 0.25) is 0 Å². The monoisotopic (exact) mass is 160 g/mol. The van der Waals surface area contributed by atoms with E-state index >= 15 is 0 Å².